The molecule has 11 rings (SSSR count). The summed E-state index contributed by atoms with van der Waals surface area (Å²) < 4.78 is 0. The standard InChI is InChI=1S/C53H34N4/c1-3-14-34(15-4-1)36-20-13-21-39(28-36)52-55-51(35-16-5-2-6-17-35)56-53(57-52)42-30-40(44-26-27-54-50-45-23-10-8-19-38(45)33-49(44)50)29-41(31-42)48-32-37-18-7-9-22-43(37)46-24-11-12-25-47(46)48/h1-32H,33H2. The molecule has 0 radical (unpaired) electrons. The number of hydrogen-bond donors (Lipinski definition) is 0. The third-order valence-electron chi connectivity index (χ3n) is 11.2. The maximum atomic E-state index is 5.29. The molecule has 0 fully saturated rings. The molecule has 0 amide bonds. The molecule has 4 nitrogen and oxygen atoms in total. The van der Waals surface area contributed by atoms with E-state index in [0.29, 0.717) is 17.5 Å². The summed E-state index contributed by atoms with van der Waals surface area (Å²) in [6.07, 6.45) is 2.78. The lowest BCUT2D eigenvalue weighted by molar-refractivity contribution is 1.07. The molecule has 266 valence electrons. The second kappa shape index (κ2) is 13.6. The van der Waals surface area contributed by atoms with Gasteiger partial charge in [0.2, 0.25) is 0 Å². The normalized spacial score (nSPS) is 11.8. The molecule has 0 spiro atoms. The lowest BCUT2D eigenvalue weighted by Gasteiger charge is -2.16. The molecule has 10 aromatic rings. The molecule has 57 heavy (non-hydrogen) atoms. The van der Waals surface area contributed by atoms with Crippen molar-refractivity contribution in [2.24, 2.45) is 0 Å². The Morgan fingerprint density at radius 3 is 1.70 bits per heavy atom. The molecule has 0 N–H and O–H groups in total. The highest BCUT2D eigenvalue weighted by molar-refractivity contribution is 6.14. The van der Waals surface area contributed by atoms with E-state index in [9.17, 15) is 0 Å². The number of hydrogen-bond acceptors (Lipinski definition) is 4. The van der Waals surface area contributed by atoms with Crippen LogP contribution >= 0.6 is 0 Å². The predicted octanol–water partition coefficient (Wildman–Crippen LogP) is 13.1. The van der Waals surface area contributed by atoms with Gasteiger partial charge in [-0.1, -0.05) is 152 Å². The van der Waals surface area contributed by atoms with Gasteiger partial charge in [-0.2, -0.15) is 0 Å². The van der Waals surface area contributed by atoms with Crippen LogP contribution < -0.4 is 0 Å². The average molecular weight is 727 g/mol. The van der Waals surface area contributed by atoms with E-state index in [0.717, 1.165) is 62.2 Å². The van der Waals surface area contributed by atoms with Gasteiger partial charge in [0, 0.05) is 34.9 Å². The third-order valence-corrected chi connectivity index (χ3v) is 11.2. The minimum absolute atomic E-state index is 0.617. The van der Waals surface area contributed by atoms with Crippen molar-refractivity contribution < 1.29 is 0 Å². The van der Waals surface area contributed by atoms with Crippen LogP contribution in [-0.4, -0.2) is 19.9 Å². The van der Waals surface area contributed by atoms with E-state index < -0.39 is 0 Å². The Morgan fingerprint density at radius 1 is 0.333 bits per heavy atom. The molecule has 1 aliphatic carbocycles. The number of aromatic nitrogens is 4. The fraction of sp³-hybridized carbons (Fsp3) is 0.0189. The van der Waals surface area contributed by atoms with Crippen molar-refractivity contribution in [2.45, 2.75) is 6.42 Å². The molecule has 0 saturated carbocycles. The molecule has 0 saturated heterocycles. The first-order chi connectivity index (χ1) is 28.2. The summed E-state index contributed by atoms with van der Waals surface area (Å²) in [5, 5.41) is 4.87. The summed E-state index contributed by atoms with van der Waals surface area (Å²) in [7, 11) is 0. The molecule has 0 unspecified atom stereocenters. The van der Waals surface area contributed by atoms with Crippen molar-refractivity contribution in [1.29, 1.82) is 0 Å². The highest BCUT2D eigenvalue weighted by Crippen LogP contribution is 2.43. The molecule has 2 heterocycles. The monoisotopic (exact) mass is 726 g/mol. The van der Waals surface area contributed by atoms with Gasteiger partial charge in [0.05, 0.1) is 5.69 Å². The van der Waals surface area contributed by atoms with E-state index in [1.165, 1.54) is 38.2 Å². The molecule has 2 aromatic heterocycles. The van der Waals surface area contributed by atoms with E-state index in [-0.39, 0.29) is 0 Å². The first kappa shape index (κ1) is 32.8. The minimum Gasteiger partial charge on any atom is -0.256 e. The van der Waals surface area contributed by atoms with Crippen LogP contribution in [-0.2, 0) is 6.42 Å². The quantitative estimate of drug-likeness (QED) is 0.160. The highest BCUT2D eigenvalue weighted by atomic mass is 15.0. The smallest absolute Gasteiger partial charge is 0.164 e. The van der Waals surface area contributed by atoms with Crippen LogP contribution in [0.25, 0.3) is 100 Å². The van der Waals surface area contributed by atoms with Gasteiger partial charge in [0.15, 0.2) is 17.5 Å². The molecular weight excluding hydrogens is 693 g/mol. The maximum absolute atomic E-state index is 5.29. The van der Waals surface area contributed by atoms with Crippen molar-refractivity contribution in [1.82, 2.24) is 19.9 Å². The minimum atomic E-state index is 0.617. The van der Waals surface area contributed by atoms with Crippen LogP contribution in [0.2, 0.25) is 0 Å². The van der Waals surface area contributed by atoms with E-state index in [1.54, 1.807) is 0 Å². The zero-order valence-electron chi connectivity index (χ0n) is 31.0. The van der Waals surface area contributed by atoms with E-state index in [2.05, 4.69) is 164 Å². The van der Waals surface area contributed by atoms with Gasteiger partial charge >= 0.3 is 0 Å². The Balaban J connectivity index is 1.17. The topological polar surface area (TPSA) is 51.6 Å². The van der Waals surface area contributed by atoms with Crippen molar-refractivity contribution in [2.75, 3.05) is 0 Å². The van der Waals surface area contributed by atoms with E-state index >= 15 is 0 Å². The summed E-state index contributed by atoms with van der Waals surface area (Å²) in [4.78, 5) is 20.5. The first-order valence-electron chi connectivity index (χ1n) is 19.3. The second-order valence-corrected chi connectivity index (χ2v) is 14.6. The van der Waals surface area contributed by atoms with Crippen LogP contribution in [0.4, 0.5) is 0 Å². The predicted molar refractivity (Wildman–Crippen MR) is 233 cm³/mol. The second-order valence-electron chi connectivity index (χ2n) is 14.6. The largest absolute Gasteiger partial charge is 0.256 e. The number of fused-ring (bicyclic) bond motifs is 6. The number of pyridine rings is 1. The first-order valence-corrected chi connectivity index (χ1v) is 19.3. The van der Waals surface area contributed by atoms with Gasteiger partial charge in [-0.15, -0.1) is 0 Å². The van der Waals surface area contributed by atoms with Crippen LogP contribution in [0, 0.1) is 0 Å². The van der Waals surface area contributed by atoms with E-state index in [4.69, 9.17) is 19.9 Å². The zero-order valence-corrected chi connectivity index (χ0v) is 31.0. The third kappa shape index (κ3) is 5.87. The Morgan fingerprint density at radius 2 is 0.895 bits per heavy atom. The average Bonchev–Trinajstić information content (AvgIpc) is 3.68. The van der Waals surface area contributed by atoms with Crippen molar-refractivity contribution in [3.05, 3.63) is 205 Å². The summed E-state index contributed by atoms with van der Waals surface area (Å²) in [5.74, 6) is 1.87. The fourth-order valence-electron chi connectivity index (χ4n) is 8.45. The Labute approximate surface area is 330 Å². The SMILES string of the molecule is c1ccc(-c2cccc(-c3nc(-c4ccccc4)nc(-c4cc(-c5ccnc6c5Cc5ccccc5-6)cc(-c5cc6ccccc6c6ccccc56)c4)n3)c2)cc1. The van der Waals surface area contributed by atoms with Gasteiger partial charge in [-0.25, -0.2) is 15.0 Å². The summed E-state index contributed by atoms with van der Waals surface area (Å²) in [6, 6.07) is 66.4. The zero-order chi connectivity index (χ0) is 37.7. The maximum Gasteiger partial charge on any atom is 0.164 e. The van der Waals surface area contributed by atoms with Crippen LogP contribution in [0.5, 0.6) is 0 Å². The molecule has 8 aromatic carbocycles. The fourth-order valence-corrected chi connectivity index (χ4v) is 8.45. The Bertz CT molecular complexity index is 3150. The van der Waals surface area contributed by atoms with Crippen LogP contribution in [0.15, 0.2) is 194 Å². The molecule has 0 atom stereocenters. The summed E-state index contributed by atoms with van der Waals surface area (Å²) in [5.41, 5.74) is 14.4. The lowest BCUT2D eigenvalue weighted by atomic mass is 9.89. The van der Waals surface area contributed by atoms with Gasteiger partial charge in [-0.05, 0) is 102 Å². The summed E-state index contributed by atoms with van der Waals surface area (Å²) in [6.45, 7) is 0. The summed E-state index contributed by atoms with van der Waals surface area (Å²) >= 11 is 0. The van der Waals surface area contributed by atoms with Gasteiger partial charge in [0.25, 0.3) is 0 Å². The van der Waals surface area contributed by atoms with Gasteiger partial charge in [0.1, 0.15) is 0 Å². The van der Waals surface area contributed by atoms with Gasteiger partial charge < -0.3 is 0 Å². The Kier molecular flexibility index (Phi) is 7.85. The van der Waals surface area contributed by atoms with Crippen LogP contribution in [0.3, 0.4) is 0 Å². The highest BCUT2D eigenvalue weighted by Gasteiger charge is 2.24. The molecular formula is C53H34N4. The molecule has 0 aliphatic heterocycles. The van der Waals surface area contributed by atoms with Crippen molar-refractivity contribution in [3.63, 3.8) is 0 Å². The lowest BCUT2D eigenvalue weighted by Crippen LogP contribution is -2.01. The molecule has 4 heteroatoms. The van der Waals surface area contributed by atoms with Crippen molar-refractivity contribution in [3.8, 4) is 78.8 Å². The van der Waals surface area contributed by atoms with Crippen molar-refractivity contribution >= 4 is 21.5 Å². The number of nitrogens with zero attached hydrogens (tertiary/aromatic N) is 4. The van der Waals surface area contributed by atoms with Gasteiger partial charge in [-0.3, -0.25) is 4.98 Å². The molecule has 1 aliphatic rings. The number of rotatable bonds is 6. The number of benzene rings is 8. The van der Waals surface area contributed by atoms with Crippen LogP contribution in [0.1, 0.15) is 11.1 Å². The van der Waals surface area contributed by atoms with E-state index in [1.807, 2.05) is 30.5 Å². The Hall–Kier alpha value is -7.56. The molecule has 0 bridgehead atoms.